The van der Waals surface area contributed by atoms with Crippen molar-refractivity contribution in [3.63, 3.8) is 0 Å². The molecule has 0 saturated heterocycles. The van der Waals surface area contributed by atoms with Crippen molar-refractivity contribution in [2.24, 2.45) is 7.05 Å². The van der Waals surface area contributed by atoms with Crippen LogP contribution in [-0.2, 0) is 18.3 Å². The quantitative estimate of drug-likeness (QED) is 0.856. The molecule has 0 spiro atoms. The number of nitrogens with one attached hydrogen (secondary N) is 1. The summed E-state index contributed by atoms with van der Waals surface area (Å²) in [4.78, 5) is 11.5. The summed E-state index contributed by atoms with van der Waals surface area (Å²) in [5.41, 5.74) is 2.62. The van der Waals surface area contributed by atoms with Gasteiger partial charge in [-0.15, -0.1) is 0 Å². The average molecular weight is 291 g/mol. The first-order chi connectivity index (χ1) is 9.92. The lowest BCUT2D eigenvalue weighted by atomic mass is 10.1. The molecule has 1 unspecified atom stereocenters. The Hall–Kier alpha value is -2.08. The van der Waals surface area contributed by atoms with E-state index in [0.717, 1.165) is 11.3 Å². The zero-order valence-electron chi connectivity index (χ0n) is 13.1. The summed E-state index contributed by atoms with van der Waals surface area (Å²) in [6.07, 6.45) is 2.00. The predicted octanol–water partition coefficient (Wildman–Crippen LogP) is 2.27. The van der Waals surface area contributed by atoms with Crippen LogP contribution < -0.4 is 5.32 Å². The SMILES string of the molecule is COC(=O)c1cc(CNC(C)c2cn(C)nc2C)oc1C. The average Bonchev–Trinajstić information content (AvgIpc) is 2.97. The molecule has 6 heteroatoms. The maximum Gasteiger partial charge on any atom is 0.341 e. The summed E-state index contributed by atoms with van der Waals surface area (Å²) in [7, 11) is 3.27. The van der Waals surface area contributed by atoms with E-state index >= 15 is 0 Å². The van der Waals surface area contributed by atoms with Crippen molar-refractivity contribution in [3.05, 3.63) is 40.6 Å². The van der Waals surface area contributed by atoms with Crippen LogP contribution in [0.15, 0.2) is 16.7 Å². The van der Waals surface area contributed by atoms with Gasteiger partial charge in [0.1, 0.15) is 17.1 Å². The summed E-state index contributed by atoms with van der Waals surface area (Å²) >= 11 is 0. The summed E-state index contributed by atoms with van der Waals surface area (Å²) in [5.74, 6) is 0.906. The minimum absolute atomic E-state index is 0.144. The number of carbonyl (C=O) groups is 1. The number of hydrogen-bond donors (Lipinski definition) is 1. The third kappa shape index (κ3) is 3.33. The van der Waals surface area contributed by atoms with E-state index in [4.69, 9.17) is 9.15 Å². The van der Waals surface area contributed by atoms with Crippen molar-refractivity contribution in [1.29, 1.82) is 0 Å². The molecule has 114 valence electrons. The standard InChI is InChI=1S/C15H21N3O3/c1-9(14-8-18(4)17-10(14)2)16-7-12-6-13(11(3)21-12)15(19)20-5/h6,8-9,16H,7H2,1-5H3. The number of ether oxygens (including phenoxy) is 1. The number of hydrogen-bond acceptors (Lipinski definition) is 5. The molecule has 0 fully saturated rings. The largest absolute Gasteiger partial charge is 0.465 e. The van der Waals surface area contributed by atoms with Gasteiger partial charge in [0.15, 0.2) is 0 Å². The Morgan fingerprint density at radius 3 is 2.81 bits per heavy atom. The van der Waals surface area contributed by atoms with Gasteiger partial charge in [-0.3, -0.25) is 4.68 Å². The van der Waals surface area contributed by atoms with Crippen LogP contribution in [0.25, 0.3) is 0 Å². The third-order valence-electron chi connectivity index (χ3n) is 3.47. The van der Waals surface area contributed by atoms with E-state index in [-0.39, 0.29) is 12.0 Å². The van der Waals surface area contributed by atoms with Gasteiger partial charge in [0, 0.05) is 24.8 Å². The molecule has 0 radical (unpaired) electrons. The normalized spacial score (nSPS) is 12.4. The van der Waals surface area contributed by atoms with Gasteiger partial charge < -0.3 is 14.5 Å². The number of carbonyl (C=O) groups excluding carboxylic acids is 1. The van der Waals surface area contributed by atoms with E-state index in [1.54, 1.807) is 17.7 Å². The number of aryl methyl sites for hydroxylation is 3. The maximum atomic E-state index is 11.5. The molecule has 0 aromatic carbocycles. The molecule has 21 heavy (non-hydrogen) atoms. The second kappa shape index (κ2) is 6.13. The van der Waals surface area contributed by atoms with Crippen LogP contribution in [0.5, 0.6) is 0 Å². The van der Waals surface area contributed by atoms with E-state index in [9.17, 15) is 4.79 Å². The molecular formula is C15H21N3O3. The molecule has 0 saturated carbocycles. The Morgan fingerprint density at radius 1 is 1.52 bits per heavy atom. The summed E-state index contributed by atoms with van der Waals surface area (Å²) in [6.45, 7) is 6.35. The van der Waals surface area contributed by atoms with Crippen LogP contribution in [0, 0.1) is 13.8 Å². The number of aromatic nitrogens is 2. The highest BCUT2D eigenvalue weighted by atomic mass is 16.5. The molecule has 2 heterocycles. The number of furan rings is 1. The Balaban J connectivity index is 2.03. The van der Waals surface area contributed by atoms with E-state index in [1.165, 1.54) is 7.11 Å². The van der Waals surface area contributed by atoms with Gasteiger partial charge in [-0.2, -0.15) is 5.10 Å². The smallest absolute Gasteiger partial charge is 0.341 e. The van der Waals surface area contributed by atoms with Crippen LogP contribution in [0.4, 0.5) is 0 Å². The molecule has 0 aliphatic carbocycles. The third-order valence-corrected chi connectivity index (χ3v) is 3.47. The molecule has 0 bridgehead atoms. The fourth-order valence-corrected chi connectivity index (χ4v) is 2.35. The second-order valence-corrected chi connectivity index (χ2v) is 5.12. The molecule has 2 aromatic rings. The van der Waals surface area contributed by atoms with Crippen molar-refractivity contribution >= 4 is 5.97 Å². The monoisotopic (exact) mass is 291 g/mol. The van der Waals surface area contributed by atoms with E-state index in [0.29, 0.717) is 23.6 Å². The number of rotatable bonds is 5. The zero-order chi connectivity index (χ0) is 15.6. The minimum atomic E-state index is -0.376. The molecule has 1 atom stereocenters. The van der Waals surface area contributed by atoms with Gasteiger partial charge in [-0.1, -0.05) is 0 Å². The van der Waals surface area contributed by atoms with Gasteiger partial charge in [0.05, 0.1) is 19.3 Å². The van der Waals surface area contributed by atoms with Gasteiger partial charge in [-0.05, 0) is 26.8 Å². The molecule has 0 aliphatic heterocycles. The van der Waals surface area contributed by atoms with Gasteiger partial charge >= 0.3 is 5.97 Å². The second-order valence-electron chi connectivity index (χ2n) is 5.12. The van der Waals surface area contributed by atoms with Gasteiger partial charge in [0.2, 0.25) is 0 Å². The van der Waals surface area contributed by atoms with Crippen LogP contribution in [-0.4, -0.2) is 22.9 Å². The first-order valence-corrected chi connectivity index (χ1v) is 6.83. The van der Waals surface area contributed by atoms with Crippen molar-refractivity contribution in [2.75, 3.05) is 7.11 Å². The minimum Gasteiger partial charge on any atom is -0.465 e. The Bertz CT molecular complexity index is 643. The zero-order valence-corrected chi connectivity index (χ0v) is 13.1. The maximum absolute atomic E-state index is 11.5. The lowest BCUT2D eigenvalue weighted by Crippen LogP contribution is -2.18. The highest BCUT2D eigenvalue weighted by Crippen LogP contribution is 2.19. The molecule has 0 aliphatic rings. The lowest BCUT2D eigenvalue weighted by Gasteiger charge is -2.11. The topological polar surface area (TPSA) is 69.3 Å². The molecule has 2 aromatic heterocycles. The van der Waals surface area contributed by atoms with Gasteiger partial charge in [0.25, 0.3) is 0 Å². The van der Waals surface area contributed by atoms with Crippen molar-refractivity contribution in [2.45, 2.75) is 33.4 Å². The molecule has 1 N–H and O–H groups in total. The molecule has 6 nitrogen and oxygen atoms in total. The Kier molecular flexibility index (Phi) is 4.47. The fraction of sp³-hybridized carbons (Fsp3) is 0.467. The van der Waals surface area contributed by atoms with Crippen molar-refractivity contribution in [1.82, 2.24) is 15.1 Å². The Morgan fingerprint density at radius 2 is 2.24 bits per heavy atom. The van der Waals surface area contributed by atoms with E-state index < -0.39 is 0 Å². The number of esters is 1. The summed E-state index contributed by atoms with van der Waals surface area (Å²) in [5, 5.41) is 7.70. The number of methoxy groups -OCH3 is 1. The van der Waals surface area contributed by atoms with Crippen LogP contribution in [0.2, 0.25) is 0 Å². The highest BCUT2D eigenvalue weighted by molar-refractivity contribution is 5.90. The summed E-state index contributed by atoms with van der Waals surface area (Å²) in [6, 6.07) is 1.86. The fourth-order valence-electron chi connectivity index (χ4n) is 2.35. The first kappa shape index (κ1) is 15.3. The summed E-state index contributed by atoms with van der Waals surface area (Å²) < 4.78 is 12.1. The predicted molar refractivity (Wildman–Crippen MR) is 78.0 cm³/mol. The van der Waals surface area contributed by atoms with E-state index in [2.05, 4.69) is 17.3 Å². The van der Waals surface area contributed by atoms with E-state index in [1.807, 2.05) is 20.2 Å². The van der Waals surface area contributed by atoms with Gasteiger partial charge in [-0.25, -0.2) is 4.79 Å². The molecular weight excluding hydrogens is 270 g/mol. The van der Waals surface area contributed by atoms with Crippen LogP contribution >= 0.6 is 0 Å². The molecule has 2 rings (SSSR count). The first-order valence-electron chi connectivity index (χ1n) is 6.83. The number of nitrogens with zero attached hydrogens (tertiary/aromatic N) is 2. The van der Waals surface area contributed by atoms with Crippen molar-refractivity contribution < 1.29 is 13.9 Å². The Labute approximate surface area is 124 Å². The lowest BCUT2D eigenvalue weighted by molar-refractivity contribution is 0.0599. The highest BCUT2D eigenvalue weighted by Gasteiger charge is 2.16. The van der Waals surface area contributed by atoms with Crippen molar-refractivity contribution in [3.8, 4) is 0 Å². The van der Waals surface area contributed by atoms with Crippen LogP contribution in [0.1, 0.15) is 46.1 Å². The van der Waals surface area contributed by atoms with Crippen LogP contribution in [0.3, 0.4) is 0 Å². The molecule has 0 amide bonds.